The molecule has 0 N–H and O–H groups in total. The van der Waals surface area contributed by atoms with E-state index in [9.17, 15) is 4.79 Å². The molecule has 0 aliphatic rings. The summed E-state index contributed by atoms with van der Waals surface area (Å²) in [5.74, 6) is 0.0458. The molecule has 2 rings (SSSR count). The van der Waals surface area contributed by atoms with Gasteiger partial charge in [-0.1, -0.05) is 28.1 Å². The van der Waals surface area contributed by atoms with Gasteiger partial charge in [-0.15, -0.1) is 11.3 Å². The summed E-state index contributed by atoms with van der Waals surface area (Å²) in [6.45, 7) is 0. The molecule has 1 aromatic carbocycles. The van der Waals surface area contributed by atoms with Gasteiger partial charge in [-0.2, -0.15) is 0 Å². The van der Waals surface area contributed by atoms with Crippen molar-refractivity contribution in [1.29, 1.82) is 0 Å². The summed E-state index contributed by atoms with van der Waals surface area (Å²) in [5, 5.41) is 1.90. The van der Waals surface area contributed by atoms with E-state index in [0.717, 1.165) is 13.8 Å². The van der Waals surface area contributed by atoms with E-state index in [2.05, 4.69) is 31.9 Å². The fourth-order valence-corrected chi connectivity index (χ4v) is 2.89. The molecular formula is C11H6Br2OS. The highest BCUT2D eigenvalue weighted by atomic mass is 79.9. The third-order valence-corrected chi connectivity index (χ3v) is 4.13. The first-order chi connectivity index (χ1) is 7.18. The lowest BCUT2D eigenvalue weighted by Crippen LogP contribution is -1.99. The van der Waals surface area contributed by atoms with Crippen molar-refractivity contribution >= 4 is 49.0 Å². The molecule has 76 valence electrons. The lowest BCUT2D eigenvalue weighted by Gasteiger charge is -1.99. The second kappa shape index (κ2) is 4.60. The minimum absolute atomic E-state index is 0.0458. The number of hydrogen-bond acceptors (Lipinski definition) is 2. The SMILES string of the molecule is O=C(c1cccc(Br)c1)c1ccsc1Br. The van der Waals surface area contributed by atoms with Gasteiger partial charge < -0.3 is 0 Å². The minimum Gasteiger partial charge on any atom is -0.289 e. The van der Waals surface area contributed by atoms with Gasteiger partial charge in [0.15, 0.2) is 5.78 Å². The Labute approximate surface area is 108 Å². The van der Waals surface area contributed by atoms with Gasteiger partial charge in [-0.25, -0.2) is 0 Å². The Balaban J connectivity index is 2.41. The zero-order valence-electron chi connectivity index (χ0n) is 7.54. The number of halogens is 2. The number of rotatable bonds is 2. The topological polar surface area (TPSA) is 17.1 Å². The minimum atomic E-state index is 0.0458. The average Bonchev–Trinajstić information content (AvgIpc) is 2.63. The molecule has 1 nitrogen and oxygen atoms in total. The van der Waals surface area contributed by atoms with Crippen LogP contribution in [-0.2, 0) is 0 Å². The summed E-state index contributed by atoms with van der Waals surface area (Å²) >= 11 is 8.24. The van der Waals surface area contributed by atoms with Gasteiger partial charge in [-0.3, -0.25) is 4.79 Å². The second-order valence-electron chi connectivity index (χ2n) is 2.95. The maximum atomic E-state index is 12.0. The molecule has 1 heterocycles. The summed E-state index contributed by atoms with van der Waals surface area (Å²) in [4.78, 5) is 12.0. The van der Waals surface area contributed by atoms with Gasteiger partial charge in [0.1, 0.15) is 0 Å². The maximum absolute atomic E-state index is 12.0. The van der Waals surface area contributed by atoms with E-state index in [1.165, 1.54) is 11.3 Å². The maximum Gasteiger partial charge on any atom is 0.195 e. The summed E-state index contributed by atoms with van der Waals surface area (Å²) in [6.07, 6.45) is 0. The van der Waals surface area contributed by atoms with Crippen molar-refractivity contribution in [2.75, 3.05) is 0 Å². The molecule has 0 aliphatic carbocycles. The summed E-state index contributed by atoms with van der Waals surface area (Å²) in [7, 11) is 0. The largest absolute Gasteiger partial charge is 0.289 e. The fraction of sp³-hybridized carbons (Fsp3) is 0. The van der Waals surface area contributed by atoms with Crippen LogP contribution in [0.2, 0.25) is 0 Å². The number of carbonyl (C=O) groups excluding carboxylic acids is 1. The molecule has 15 heavy (non-hydrogen) atoms. The van der Waals surface area contributed by atoms with Crippen LogP contribution >= 0.6 is 43.2 Å². The van der Waals surface area contributed by atoms with Gasteiger partial charge in [-0.05, 0) is 39.5 Å². The van der Waals surface area contributed by atoms with E-state index in [0.29, 0.717) is 5.56 Å². The van der Waals surface area contributed by atoms with Crippen LogP contribution in [0.3, 0.4) is 0 Å². The van der Waals surface area contributed by atoms with Crippen LogP contribution in [0.5, 0.6) is 0 Å². The van der Waals surface area contributed by atoms with Crippen LogP contribution < -0.4 is 0 Å². The zero-order chi connectivity index (χ0) is 10.8. The third-order valence-electron chi connectivity index (χ3n) is 1.95. The van der Waals surface area contributed by atoms with Gasteiger partial charge in [0.25, 0.3) is 0 Å². The number of ketones is 1. The molecule has 0 unspecified atom stereocenters. The van der Waals surface area contributed by atoms with Gasteiger partial charge in [0.2, 0.25) is 0 Å². The van der Waals surface area contributed by atoms with Crippen molar-refractivity contribution in [2.24, 2.45) is 0 Å². The van der Waals surface area contributed by atoms with Crippen molar-refractivity contribution in [1.82, 2.24) is 0 Å². The Kier molecular flexibility index (Phi) is 3.38. The molecule has 0 atom stereocenters. The van der Waals surface area contributed by atoms with Crippen LogP contribution in [0, 0.1) is 0 Å². The normalized spacial score (nSPS) is 10.3. The van der Waals surface area contributed by atoms with E-state index < -0.39 is 0 Å². The van der Waals surface area contributed by atoms with Crippen molar-refractivity contribution in [2.45, 2.75) is 0 Å². The highest BCUT2D eigenvalue weighted by Gasteiger charge is 2.13. The fourth-order valence-electron chi connectivity index (χ4n) is 1.24. The highest BCUT2D eigenvalue weighted by molar-refractivity contribution is 9.11. The average molecular weight is 346 g/mol. The van der Waals surface area contributed by atoms with E-state index in [1.54, 1.807) is 0 Å². The molecule has 4 heteroatoms. The number of hydrogen-bond donors (Lipinski definition) is 0. The van der Waals surface area contributed by atoms with E-state index in [-0.39, 0.29) is 5.78 Å². The third kappa shape index (κ3) is 2.38. The lowest BCUT2D eigenvalue weighted by atomic mass is 10.1. The Hall–Kier alpha value is -0.450. The Bertz CT molecular complexity index is 505. The standard InChI is InChI=1S/C11H6Br2OS/c12-8-3-1-2-7(6-8)10(14)9-4-5-15-11(9)13/h1-6H. The Morgan fingerprint density at radius 2 is 2.00 bits per heavy atom. The van der Waals surface area contributed by atoms with Gasteiger partial charge in [0, 0.05) is 15.6 Å². The molecule has 0 fully saturated rings. The van der Waals surface area contributed by atoms with Crippen LogP contribution in [-0.4, -0.2) is 5.78 Å². The van der Waals surface area contributed by atoms with Crippen molar-refractivity contribution in [3.8, 4) is 0 Å². The first-order valence-electron chi connectivity index (χ1n) is 4.22. The van der Waals surface area contributed by atoms with Crippen molar-refractivity contribution < 1.29 is 4.79 Å². The molecule has 0 bridgehead atoms. The van der Waals surface area contributed by atoms with Crippen LogP contribution in [0.1, 0.15) is 15.9 Å². The monoisotopic (exact) mass is 344 g/mol. The summed E-state index contributed by atoms with van der Waals surface area (Å²) in [6, 6.07) is 9.23. The van der Waals surface area contributed by atoms with Gasteiger partial charge in [0.05, 0.1) is 3.79 Å². The Morgan fingerprint density at radius 3 is 2.60 bits per heavy atom. The van der Waals surface area contributed by atoms with Gasteiger partial charge >= 0.3 is 0 Å². The lowest BCUT2D eigenvalue weighted by molar-refractivity contribution is 0.103. The zero-order valence-corrected chi connectivity index (χ0v) is 11.5. The summed E-state index contributed by atoms with van der Waals surface area (Å²) in [5.41, 5.74) is 1.42. The van der Waals surface area contributed by atoms with Crippen LogP contribution in [0.4, 0.5) is 0 Å². The first kappa shape index (κ1) is 11.0. The molecule has 0 saturated carbocycles. The van der Waals surface area contributed by atoms with E-state index in [4.69, 9.17) is 0 Å². The summed E-state index contributed by atoms with van der Waals surface area (Å²) < 4.78 is 1.80. The molecule has 0 spiro atoms. The van der Waals surface area contributed by atoms with Crippen molar-refractivity contribution in [3.63, 3.8) is 0 Å². The van der Waals surface area contributed by atoms with E-state index in [1.807, 2.05) is 35.7 Å². The number of thiophene rings is 1. The van der Waals surface area contributed by atoms with Crippen molar-refractivity contribution in [3.05, 3.63) is 55.1 Å². The first-order valence-corrected chi connectivity index (χ1v) is 6.68. The van der Waals surface area contributed by atoms with E-state index >= 15 is 0 Å². The predicted molar refractivity (Wildman–Crippen MR) is 69.6 cm³/mol. The molecule has 0 radical (unpaired) electrons. The Morgan fingerprint density at radius 1 is 1.20 bits per heavy atom. The number of carbonyl (C=O) groups is 1. The quantitative estimate of drug-likeness (QED) is 0.732. The molecule has 2 aromatic rings. The molecule has 0 aliphatic heterocycles. The molecule has 1 aromatic heterocycles. The van der Waals surface area contributed by atoms with Crippen LogP contribution in [0.25, 0.3) is 0 Å². The smallest absolute Gasteiger partial charge is 0.195 e. The second-order valence-corrected chi connectivity index (χ2v) is 6.10. The number of benzene rings is 1. The van der Waals surface area contributed by atoms with Crippen LogP contribution in [0.15, 0.2) is 44.0 Å². The molecule has 0 amide bonds. The molecule has 0 saturated heterocycles. The highest BCUT2D eigenvalue weighted by Crippen LogP contribution is 2.26. The predicted octanol–water partition coefficient (Wildman–Crippen LogP) is 4.50. The molecular weight excluding hydrogens is 340 g/mol.